The van der Waals surface area contributed by atoms with E-state index in [-0.39, 0.29) is 25.1 Å². The molecule has 16 heavy (non-hydrogen) atoms. The summed E-state index contributed by atoms with van der Waals surface area (Å²) in [7, 11) is 0. The number of nitrogens with two attached hydrogens (primary N) is 1. The summed E-state index contributed by atoms with van der Waals surface area (Å²) in [4.78, 5) is 0. The van der Waals surface area contributed by atoms with Crippen molar-refractivity contribution in [2.45, 2.75) is 19.9 Å². The van der Waals surface area contributed by atoms with Gasteiger partial charge >= 0.3 is 0 Å². The average molecular weight is 285 g/mol. The Morgan fingerprint density at radius 2 is 1.94 bits per heavy atom. The Kier molecular flexibility index (Phi) is 6.09. The Bertz CT molecular complexity index is 355. The van der Waals surface area contributed by atoms with Crippen molar-refractivity contribution in [2.24, 2.45) is 11.1 Å². The lowest BCUT2D eigenvalue weighted by Gasteiger charge is -2.30. The van der Waals surface area contributed by atoms with Crippen LogP contribution in [-0.4, -0.2) is 11.7 Å². The molecule has 1 rings (SSSR count). The highest BCUT2D eigenvalue weighted by atomic mass is 35.5. The second kappa shape index (κ2) is 6.08. The van der Waals surface area contributed by atoms with E-state index in [0.717, 1.165) is 5.56 Å². The van der Waals surface area contributed by atoms with Gasteiger partial charge in [0.15, 0.2) is 0 Å². The highest BCUT2D eigenvalue weighted by Gasteiger charge is 2.28. The zero-order valence-electron chi connectivity index (χ0n) is 9.21. The lowest BCUT2D eigenvalue weighted by atomic mass is 9.82. The highest BCUT2D eigenvalue weighted by molar-refractivity contribution is 6.42. The molecule has 1 aromatic rings. The first-order chi connectivity index (χ1) is 6.90. The van der Waals surface area contributed by atoms with Gasteiger partial charge in [-0.1, -0.05) is 49.2 Å². The zero-order valence-corrected chi connectivity index (χ0v) is 11.5. The minimum Gasteiger partial charge on any atom is -0.396 e. The zero-order chi connectivity index (χ0) is 11.6. The fourth-order valence-corrected chi connectivity index (χ4v) is 1.71. The minimum atomic E-state index is -0.422. The third-order valence-electron chi connectivity index (χ3n) is 2.57. The van der Waals surface area contributed by atoms with Crippen LogP contribution >= 0.6 is 35.6 Å². The van der Waals surface area contributed by atoms with Crippen molar-refractivity contribution in [3.63, 3.8) is 0 Å². The maximum absolute atomic E-state index is 9.23. The van der Waals surface area contributed by atoms with Gasteiger partial charge in [0.25, 0.3) is 0 Å². The Labute approximate surface area is 112 Å². The molecule has 3 N–H and O–H groups in total. The van der Waals surface area contributed by atoms with Gasteiger partial charge in [-0.2, -0.15) is 0 Å². The molecule has 2 nitrogen and oxygen atoms in total. The van der Waals surface area contributed by atoms with Crippen LogP contribution in [0.4, 0.5) is 0 Å². The first-order valence-electron chi connectivity index (χ1n) is 4.70. The predicted molar refractivity (Wildman–Crippen MR) is 71.5 cm³/mol. The standard InChI is InChI=1S/C11H15Cl2NO.ClH/c1-11(2,6-15)10(14)7-4-3-5-8(12)9(7)13;/h3-5,10,15H,6,14H2,1-2H3;1H/t10-;/m1./s1. The van der Waals surface area contributed by atoms with E-state index in [2.05, 4.69) is 0 Å². The summed E-state index contributed by atoms with van der Waals surface area (Å²) < 4.78 is 0. The van der Waals surface area contributed by atoms with Crippen LogP contribution < -0.4 is 5.73 Å². The third kappa shape index (κ3) is 3.25. The molecular weight excluding hydrogens is 268 g/mol. The van der Waals surface area contributed by atoms with Gasteiger partial charge in [-0.25, -0.2) is 0 Å². The molecule has 0 radical (unpaired) electrons. The number of aliphatic hydroxyl groups is 1. The van der Waals surface area contributed by atoms with Gasteiger partial charge in [0.1, 0.15) is 0 Å². The van der Waals surface area contributed by atoms with Crippen LogP contribution in [0.5, 0.6) is 0 Å². The van der Waals surface area contributed by atoms with Gasteiger partial charge in [0.2, 0.25) is 0 Å². The van der Waals surface area contributed by atoms with E-state index in [1.54, 1.807) is 12.1 Å². The number of hydrogen-bond donors (Lipinski definition) is 2. The molecule has 0 aliphatic carbocycles. The summed E-state index contributed by atoms with van der Waals surface area (Å²) in [5.41, 5.74) is 6.39. The van der Waals surface area contributed by atoms with Crippen LogP contribution in [0.2, 0.25) is 10.0 Å². The summed E-state index contributed by atoms with van der Waals surface area (Å²) in [6, 6.07) is 5.01. The minimum absolute atomic E-state index is 0. The van der Waals surface area contributed by atoms with Crippen molar-refractivity contribution in [1.82, 2.24) is 0 Å². The van der Waals surface area contributed by atoms with Crippen LogP contribution in [0.25, 0.3) is 0 Å². The van der Waals surface area contributed by atoms with Gasteiger partial charge in [0.05, 0.1) is 10.0 Å². The molecule has 1 atom stereocenters. The van der Waals surface area contributed by atoms with Gasteiger partial charge in [-0.3, -0.25) is 0 Å². The number of aliphatic hydroxyl groups excluding tert-OH is 1. The summed E-state index contributed by atoms with van der Waals surface area (Å²) in [6.45, 7) is 3.76. The lowest BCUT2D eigenvalue weighted by Crippen LogP contribution is -2.32. The molecule has 0 amide bonds. The van der Waals surface area contributed by atoms with E-state index >= 15 is 0 Å². The number of halogens is 3. The Morgan fingerprint density at radius 3 is 2.44 bits per heavy atom. The van der Waals surface area contributed by atoms with Crippen LogP contribution in [0.15, 0.2) is 18.2 Å². The molecule has 0 heterocycles. The second-order valence-corrected chi connectivity index (χ2v) is 5.05. The summed E-state index contributed by atoms with van der Waals surface area (Å²) in [6.07, 6.45) is 0. The van der Waals surface area contributed by atoms with E-state index in [9.17, 15) is 5.11 Å². The molecule has 0 saturated heterocycles. The monoisotopic (exact) mass is 283 g/mol. The van der Waals surface area contributed by atoms with Crippen molar-refractivity contribution in [3.8, 4) is 0 Å². The van der Waals surface area contributed by atoms with E-state index in [1.165, 1.54) is 0 Å². The van der Waals surface area contributed by atoms with Crippen molar-refractivity contribution in [1.29, 1.82) is 0 Å². The van der Waals surface area contributed by atoms with E-state index in [1.807, 2.05) is 19.9 Å². The largest absolute Gasteiger partial charge is 0.396 e. The number of rotatable bonds is 3. The Morgan fingerprint density at radius 1 is 1.38 bits per heavy atom. The molecule has 0 bridgehead atoms. The van der Waals surface area contributed by atoms with Gasteiger partial charge in [-0.15, -0.1) is 12.4 Å². The van der Waals surface area contributed by atoms with E-state index in [0.29, 0.717) is 10.0 Å². The summed E-state index contributed by atoms with van der Waals surface area (Å²) >= 11 is 12.0. The predicted octanol–water partition coefficient (Wildman–Crippen LogP) is 3.43. The molecule has 0 aliphatic heterocycles. The molecule has 0 aliphatic rings. The first kappa shape index (κ1) is 16.0. The van der Waals surface area contributed by atoms with Crippen LogP contribution in [0.3, 0.4) is 0 Å². The molecule has 0 aromatic heterocycles. The topological polar surface area (TPSA) is 46.2 Å². The second-order valence-electron chi connectivity index (χ2n) is 4.27. The van der Waals surface area contributed by atoms with Gasteiger partial charge in [-0.05, 0) is 11.6 Å². The number of benzene rings is 1. The quantitative estimate of drug-likeness (QED) is 0.893. The maximum atomic E-state index is 9.23. The van der Waals surface area contributed by atoms with Crippen LogP contribution in [-0.2, 0) is 0 Å². The summed E-state index contributed by atoms with van der Waals surface area (Å²) in [5, 5.41) is 10.2. The van der Waals surface area contributed by atoms with Crippen molar-refractivity contribution in [2.75, 3.05) is 6.61 Å². The fourth-order valence-electron chi connectivity index (χ4n) is 1.28. The average Bonchev–Trinajstić information content (AvgIpc) is 2.21. The summed E-state index contributed by atoms with van der Waals surface area (Å²) in [5.74, 6) is 0. The molecule has 5 heteroatoms. The first-order valence-corrected chi connectivity index (χ1v) is 5.46. The number of hydrogen-bond acceptors (Lipinski definition) is 2. The molecule has 0 saturated carbocycles. The SMILES string of the molecule is CC(C)(CO)[C@H](N)c1cccc(Cl)c1Cl.Cl. The highest BCUT2D eigenvalue weighted by Crippen LogP contribution is 2.37. The van der Waals surface area contributed by atoms with Crippen molar-refractivity contribution in [3.05, 3.63) is 33.8 Å². The maximum Gasteiger partial charge on any atom is 0.0640 e. The van der Waals surface area contributed by atoms with E-state index < -0.39 is 5.41 Å². The van der Waals surface area contributed by atoms with E-state index in [4.69, 9.17) is 28.9 Å². The Balaban J connectivity index is 0.00000225. The fraction of sp³-hybridized carbons (Fsp3) is 0.455. The van der Waals surface area contributed by atoms with Gasteiger partial charge < -0.3 is 10.8 Å². The van der Waals surface area contributed by atoms with Crippen molar-refractivity contribution < 1.29 is 5.11 Å². The third-order valence-corrected chi connectivity index (χ3v) is 3.40. The van der Waals surface area contributed by atoms with Crippen LogP contribution in [0.1, 0.15) is 25.5 Å². The molecule has 0 spiro atoms. The smallest absolute Gasteiger partial charge is 0.0640 e. The molecule has 92 valence electrons. The molecule has 1 aromatic carbocycles. The van der Waals surface area contributed by atoms with Gasteiger partial charge in [0, 0.05) is 18.1 Å². The molecule has 0 unspecified atom stereocenters. The Hall–Kier alpha value is 0.01000. The lowest BCUT2D eigenvalue weighted by molar-refractivity contribution is 0.132. The molecular formula is C11H16Cl3NO. The normalized spacial score (nSPS) is 13.1. The molecule has 0 fully saturated rings. The van der Waals surface area contributed by atoms with Crippen molar-refractivity contribution >= 4 is 35.6 Å². The van der Waals surface area contributed by atoms with Crippen LogP contribution in [0, 0.1) is 5.41 Å².